The summed E-state index contributed by atoms with van der Waals surface area (Å²) in [5, 5.41) is 1.99. The Morgan fingerprint density at radius 3 is 2.19 bits per heavy atom. The minimum atomic E-state index is -0.279. The average Bonchev–Trinajstić information content (AvgIpc) is 3.53. The van der Waals surface area contributed by atoms with Crippen LogP contribution < -0.4 is 30.6 Å². The Morgan fingerprint density at radius 2 is 1.43 bits per heavy atom. The van der Waals surface area contributed by atoms with Crippen LogP contribution in [-0.2, 0) is 21.1 Å². The van der Waals surface area contributed by atoms with Crippen LogP contribution in [0.25, 0.3) is 38.9 Å². The first-order valence-corrected chi connectivity index (χ1v) is 18.0. The maximum atomic E-state index is 6.73. The molecule has 2 aromatic heterocycles. The van der Waals surface area contributed by atoms with Crippen LogP contribution in [0, 0.1) is 32.9 Å². The van der Waals surface area contributed by atoms with E-state index in [-0.39, 0.29) is 33.7 Å². The number of hydrogen-bond donors (Lipinski definition) is 0. The van der Waals surface area contributed by atoms with Crippen LogP contribution in [0.3, 0.4) is 0 Å². The number of aromatic nitrogens is 3. The fourth-order valence-electron chi connectivity index (χ4n) is 8.08. The van der Waals surface area contributed by atoms with E-state index in [0.717, 1.165) is 83.8 Å². The molecule has 2 aliphatic heterocycles. The summed E-state index contributed by atoms with van der Waals surface area (Å²) in [4.78, 5) is 9.81. The smallest absolute Gasteiger partial charge is 0.518 e. The number of nitrogens with zero attached hydrogens (tertiary/aromatic N) is 3. The van der Waals surface area contributed by atoms with Crippen molar-refractivity contribution in [2.24, 2.45) is 0 Å². The summed E-state index contributed by atoms with van der Waals surface area (Å²) < 4.78 is 22.1. The molecule has 0 fully saturated rings. The first kappa shape index (κ1) is 34.1. The zero-order valence-corrected chi connectivity index (χ0v) is 32.7. The number of para-hydroxylation sites is 2. The quantitative estimate of drug-likeness (QED) is 0.128. The van der Waals surface area contributed by atoms with Gasteiger partial charge in [0.15, 0.2) is 0 Å². The zero-order chi connectivity index (χ0) is 36.0. The predicted octanol–water partition coefficient (Wildman–Crippen LogP) is 9.41. The number of benzene rings is 6. The van der Waals surface area contributed by atoms with Gasteiger partial charge in [0.1, 0.15) is 11.5 Å². The van der Waals surface area contributed by atoms with Gasteiger partial charge in [0.25, 0.3) is 0 Å². The molecule has 0 unspecified atom stereocenters. The zero-order valence-electron chi connectivity index (χ0n) is 30.4. The summed E-state index contributed by atoms with van der Waals surface area (Å²) in [7, 11) is 0. The summed E-state index contributed by atoms with van der Waals surface area (Å²) in [5.74, 6) is 5.21. The van der Waals surface area contributed by atoms with Gasteiger partial charge in [-0.15, -0.1) is 52.9 Å². The fourth-order valence-corrected chi connectivity index (χ4v) is 8.08. The molecule has 0 saturated heterocycles. The maximum Gasteiger partial charge on any atom is 2.00 e. The largest absolute Gasteiger partial charge is 2.00 e. The van der Waals surface area contributed by atoms with Gasteiger partial charge in [-0.25, -0.2) is 4.98 Å². The molecule has 2 aliphatic rings. The SMILES string of the molecule is Cc1cc(C)c(-n2c(-c3[c-]c4c(cc3)Oc3cc(C(C)C)cc5c3B4c3[c-]c(Oc4nccc6ccccc46)ccc3O5)nc3ccccc32)c(C)c1.[Pt+2]. The van der Waals surface area contributed by atoms with Gasteiger partial charge in [-0.3, -0.25) is 4.98 Å². The van der Waals surface area contributed by atoms with Gasteiger partial charge < -0.3 is 18.8 Å². The van der Waals surface area contributed by atoms with Gasteiger partial charge in [-0.2, -0.15) is 0 Å². The van der Waals surface area contributed by atoms with Crippen molar-refractivity contribution < 1.29 is 35.3 Å². The Labute approximate surface area is 329 Å². The van der Waals surface area contributed by atoms with Gasteiger partial charge in [0.05, 0.1) is 16.9 Å². The molecule has 0 amide bonds. The number of imidazole rings is 1. The number of rotatable bonds is 5. The van der Waals surface area contributed by atoms with Crippen molar-refractivity contribution in [1.29, 1.82) is 0 Å². The van der Waals surface area contributed by atoms with Crippen molar-refractivity contribution >= 4 is 44.9 Å². The molecule has 6 aromatic carbocycles. The molecule has 264 valence electrons. The molecule has 0 spiro atoms. The molecule has 0 aliphatic carbocycles. The molecule has 0 saturated carbocycles. The molecule has 8 aromatic rings. The third-order valence-corrected chi connectivity index (χ3v) is 10.4. The van der Waals surface area contributed by atoms with E-state index in [0.29, 0.717) is 11.6 Å². The van der Waals surface area contributed by atoms with Crippen molar-refractivity contribution in [3.8, 4) is 51.7 Å². The van der Waals surface area contributed by atoms with E-state index < -0.39 is 0 Å². The Morgan fingerprint density at radius 1 is 0.741 bits per heavy atom. The molecule has 0 N–H and O–H groups in total. The number of aryl methyl sites for hydroxylation is 3. The third kappa shape index (κ3) is 5.44. The molecular formula is C46H34BN3O3Pt. The van der Waals surface area contributed by atoms with Crippen LogP contribution in [0.5, 0.6) is 34.6 Å². The van der Waals surface area contributed by atoms with Crippen molar-refractivity contribution in [3.63, 3.8) is 0 Å². The van der Waals surface area contributed by atoms with E-state index in [1.54, 1.807) is 6.20 Å². The van der Waals surface area contributed by atoms with Crippen LogP contribution in [0.4, 0.5) is 0 Å². The van der Waals surface area contributed by atoms with Gasteiger partial charge >= 0.3 is 21.1 Å². The van der Waals surface area contributed by atoms with E-state index in [1.807, 2.05) is 42.5 Å². The molecule has 10 rings (SSSR count). The molecular weight excluding hydrogens is 848 g/mol. The van der Waals surface area contributed by atoms with Crippen molar-refractivity contribution in [3.05, 3.63) is 144 Å². The van der Waals surface area contributed by atoms with Gasteiger partial charge in [0.2, 0.25) is 12.6 Å². The number of fused-ring (bicyclic) bond motifs is 6. The normalized spacial score (nSPS) is 12.4. The first-order chi connectivity index (χ1) is 25.8. The number of pyridine rings is 1. The van der Waals surface area contributed by atoms with Gasteiger partial charge in [-0.1, -0.05) is 61.9 Å². The monoisotopic (exact) mass is 882 g/mol. The van der Waals surface area contributed by atoms with Crippen LogP contribution in [-0.4, -0.2) is 21.2 Å². The summed E-state index contributed by atoms with van der Waals surface area (Å²) >= 11 is 0. The molecule has 8 heteroatoms. The van der Waals surface area contributed by atoms with E-state index >= 15 is 0 Å². The Balaban J connectivity index is 0.00000384. The second-order valence-corrected chi connectivity index (χ2v) is 14.4. The second-order valence-electron chi connectivity index (χ2n) is 14.4. The molecule has 0 radical (unpaired) electrons. The molecule has 54 heavy (non-hydrogen) atoms. The Hall–Kier alpha value is -5.65. The first-order valence-electron chi connectivity index (χ1n) is 18.0. The van der Waals surface area contributed by atoms with Crippen LogP contribution in [0.2, 0.25) is 0 Å². The molecule has 0 bridgehead atoms. The van der Waals surface area contributed by atoms with Gasteiger partial charge in [0, 0.05) is 40.0 Å². The van der Waals surface area contributed by atoms with E-state index in [9.17, 15) is 0 Å². The molecule has 0 atom stereocenters. The Bertz CT molecular complexity index is 2770. The minimum absolute atomic E-state index is 0. The standard InChI is InChI=1S/C46H34BN3O3.Pt/c1-26(2)32-23-41-43-42(24-32)53-40-17-15-33(51-46-34-11-7-6-10-30(34)18-19-48-46)25-36(40)47(43)35-22-31(14-16-39(35)52-41)45-49-37-12-8-9-13-38(37)50(45)44-28(4)20-27(3)21-29(44)5;/h6-21,23-24,26H,1-5H3;/q-2;+2. The van der Waals surface area contributed by atoms with Crippen LogP contribution in [0.15, 0.2) is 109 Å². The third-order valence-electron chi connectivity index (χ3n) is 10.4. The van der Waals surface area contributed by atoms with Crippen molar-refractivity contribution in [2.45, 2.75) is 40.5 Å². The van der Waals surface area contributed by atoms with Crippen LogP contribution in [0.1, 0.15) is 42.0 Å². The molecule has 4 heterocycles. The number of hydrogen-bond acceptors (Lipinski definition) is 5. The molecule has 6 nitrogen and oxygen atoms in total. The average molecular weight is 883 g/mol. The summed E-state index contributed by atoms with van der Waals surface area (Å²) in [6, 6.07) is 42.6. The topological polar surface area (TPSA) is 58.4 Å². The summed E-state index contributed by atoms with van der Waals surface area (Å²) in [5.41, 5.74) is 11.4. The summed E-state index contributed by atoms with van der Waals surface area (Å²) in [6.45, 7) is 10.6. The van der Waals surface area contributed by atoms with Gasteiger partial charge in [-0.05, 0) is 85.2 Å². The maximum absolute atomic E-state index is 6.73. The van der Waals surface area contributed by atoms with Crippen molar-refractivity contribution in [2.75, 3.05) is 0 Å². The van der Waals surface area contributed by atoms with E-state index in [1.165, 1.54) is 16.7 Å². The minimum Gasteiger partial charge on any atom is -0.518 e. The van der Waals surface area contributed by atoms with Crippen molar-refractivity contribution in [1.82, 2.24) is 14.5 Å². The summed E-state index contributed by atoms with van der Waals surface area (Å²) in [6.07, 6.45) is 1.77. The van der Waals surface area contributed by atoms with E-state index in [2.05, 4.69) is 117 Å². The van der Waals surface area contributed by atoms with E-state index in [4.69, 9.17) is 19.2 Å². The fraction of sp³-hybridized carbons (Fsp3) is 0.130. The van der Waals surface area contributed by atoms with Crippen LogP contribution >= 0.6 is 0 Å². The predicted molar refractivity (Wildman–Crippen MR) is 212 cm³/mol. The second kappa shape index (κ2) is 13.0. The number of ether oxygens (including phenoxy) is 3. The Kier molecular flexibility index (Phi) is 8.24.